The van der Waals surface area contributed by atoms with Gasteiger partial charge in [0.05, 0.1) is 22.4 Å². The van der Waals surface area contributed by atoms with E-state index in [-0.39, 0.29) is 17.2 Å². The Balaban J connectivity index is 1.14. The number of alkyl halides is 6. The molecule has 2 aromatic heterocycles. The Kier molecular flexibility index (Phi) is 6.69. The Hall–Kier alpha value is -5.44. The first-order valence-electron chi connectivity index (χ1n) is 13.8. The van der Waals surface area contributed by atoms with Crippen molar-refractivity contribution in [1.82, 2.24) is 9.97 Å². The van der Waals surface area contributed by atoms with E-state index in [1.54, 1.807) is 18.3 Å². The van der Waals surface area contributed by atoms with Gasteiger partial charge in [0.1, 0.15) is 5.52 Å². The van der Waals surface area contributed by atoms with Crippen LogP contribution in [0.5, 0.6) is 0 Å². The second-order valence-electron chi connectivity index (χ2n) is 10.6. The SMILES string of the molecule is FC(F)(F)c1cc(-c2ccc(-c3ccc4cc(-c5ccc(-c6nc7ccccc7o6)cn5)ccc4c3)cc2)cc(C(F)(F)F)c1. The molecular weight excluding hydrogens is 590 g/mol. The summed E-state index contributed by atoms with van der Waals surface area (Å²) in [6, 6.07) is 31.2. The summed E-state index contributed by atoms with van der Waals surface area (Å²) in [4.78, 5) is 9.13. The smallest absolute Gasteiger partial charge is 0.416 e. The first-order valence-corrected chi connectivity index (χ1v) is 13.8. The molecule has 0 amide bonds. The number of benzene rings is 5. The van der Waals surface area contributed by atoms with Gasteiger partial charge in [-0.25, -0.2) is 4.98 Å². The summed E-state index contributed by atoms with van der Waals surface area (Å²) >= 11 is 0. The van der Waals surface area contributed by atoms with E-state index in [0.717, 1.165) is 56.4 Å². The first-order chi connectivity index (χ1) is 21.5. The molecule has 222 valence electrons. The van der Waals surface area contributed by atoms with Crippen molar-refractivity contribution in [3.63, 3.8) is 0 Å². The minimum atomic E-state index is -4.91. The lowest BCUT2D eigenvalue weighted by Crippen LogP contribution is -2.11. The van der Waals surface area contributed by atoms with Crippen molar-refractivity contribution < 1.29 is 30.8 Å². The van der Waals surface area contributed by atoms with Crippen LogP contribution in [0.1, 0.15) is 11.1 Å². The van der Waals surface area contributed by atoms with Gasteiger partial charge in [-0.1, -0.05) is 60.7 Å². The molecule has 0 spiro atoms. The number of oxazole rings is 1. The molecule has 0 bridgehead atoms. The van der Waals surface area contributed by atoms with Gasteiger partial charge >= 0.3 is 12.4 Å². The summed E-state index contributed by atoms with van der Waals surface area (Å²) in [7, 11) is 0. The van der Waals surface area contributed by atoms with Gasteiger partial charge in [-0.05, 0) is 87.6 Å². The number of para-hydroxylation sites is 2. The summed E-state index contributed by atoms with van der Waals surface area (Å²) in [6.07, 6.45) is -8.10. The van der Waals surface area contributed by atoms with E-state index in [1.807, 2.05) is 72.8 Å². The highest BCUT2D eigenvalue weighted by atomic mass is 19.4. The maximum absolute atomic E-state index is 13.3. The van der Waals surface area contributed by atoms with Crippen molar-refractivity contribution >= 4 is 21.9 Å². The number of hydrogen-bond acceptors (Lipinski definition) is 3. The fourth-order valence-electron chi connectivity index (χ4n) is 5.25. The lowest BCUT2D eigenvalue weighted by atomic mass is 9.95. The lowest BCUT2D eigenvalue weighted by molar-refractivity contribution is -0.143. The van der Waals surface area contributed by atoms with Crippen LogP contribution in [0, 0.1) is 0 Å². The van der Waals surface area contributed by atoms with E-state index in [4.69, 9.17) is 4.42 Å². The maximum atomic E-state index is 13.3. The van der Waals surface area contributed by atoms with Crippen LogP contribution in [0.2, 0.25) is 0 Å². The van der Waals surface area contributed by atoms with Crippen LogP contribution in [0.25, 0.3) is 66.8 Å². The number of nitrogens with zero attached hydrogens (tertiary/aromatic N) is 2. The Labute approximate surface area is 252 Å². The zero-order chi connectivity index (χ0) is 31.3. The topological polar surface area (TPSA) is 38.9 Å². The largest absolute Gasteiger partial charge is 0.436 e. The number of fused-ring (bicyclic) bond motifs is 2. The van der Waals surface area contributed by atoms with Crippen molar-refractivity contribution in [3.8, 4) is 45.0 Å². The van der Waals surface area contributed by atoms with Crippen molar-refractivity contribution in [2.45, 2.75) is 12.4 Å². The molecule has 0 unspecified atom stereocenters. The maximum Gasteiger partial charge on any atom is 0.416 e. The first kappa shape index (κ1) is 28.3. The third-order valence-corrected chi connectivity index (χ3v) is 7.58. The standard InChI is InChI=1S/C36H20F6N2O/c37-35(38,39)29-17-28(18-30(19-29)36(40,41)42)22-7-5-21(6-8-22)23-9-10-25-16-26(12-11-24(25)15-23)31-14-13-27(20-43-31)34-44-32-3-1-2-4-33(32)45-34/h1-20H. The average molecular weight is 611 g/mol. The number of halogens is 6. The highest BCUT2D eigenvalue weighted by Gasteiger charge is 2.37. The minimum Gasteiger partial charge on any atom is -0.436 e. The van der Waals surface area contributed by atoms with E-state index in [1.165, 1.54) is 12.1 Å². The molecule has 0 radical (unpaired) electrons. The molecule has 0 aliphatic carbocycles. The summed E-state index contributed by atoms with van der Waals surface area (Å²) in [5.41, 5.74) is 2.95. The molecule has 0 aliphatic heterocycles. The van der Waals surface area contributed by atoms with Gasteiger partial charge in [-0.2, -0.15) is 26.3 Å². The molecule has 7 aromatic rings. The van der Waals surface area contributed by atoms with Gasteiger partial charge in [0.25, 0.3) is 0 Å². The van der Waals surface area contributed by atoms with Crippen molar-refractivity contribution in [2.75, 3.05) is 0 Å². The van der Waals surface area contributed by atoms with Crippen LogP contribution in [-0.2, 0) is 12.4 Å². The van der Waals surface area contributed by atoms with Gasteiger partial charge in [0, 0.05) is 11.8 Å². The predicted molar refractivity (Wildman–Crippen MR) is 161 cm³/mol. The quantitative estimate of drug-likeness (QED) is 0.186. The van der Waals surface area contributed by atoms with Crippen molar-refractivity contribution in [1.29, 1.82) is 0 Å². The molecule has 45 heavy (non-hydrogen) atoms. The fourth-order valence-corrected chi connectivity index (χ4v) is 5.25. The second-order valence-corrected chi connectivity index (χ2v) is 10.6. The minimum absolute atomic E-state index is 0.128. The zero-order valence-corrected chi connectivity index (χ0v) is 23.1. The molecule has 2 heterocycles. The second kappa shape index (κ2) is 10.6. The number of pyridine rings is 1. The van der Waals surface area contributed by atoms with Gasteiger partial charge < -0.3 is 4.42 Å². The summed E-state index contributed by atoms with van der Waals surface area (Å²) in [5, 5.41) is 1.93. The molecule has 9 heteroatoms. The summed E-state index contributed by atoms with van der Waals surface area (Å²) in [6.45, 7) is 0. The molecule has 7 rings (SSSR count). The van der Waals surface area contributed by atoms with Gasteiger partial charge in [-0.15, -0.1) is 0 Å². The Morgan fingerprint density at radius 1 is 0.489 bits per heavy atom. The molecule has 0 saturated carbocycles. The van der Waals surface area contributed by atoms with Crippen LogP contribution in [0.3, 0.4) is 0 Å². The average Bonchev–Trinajstić information content (AvgIpc) is 3.48. The Morgan fingerprint density at radius 3 is 1.64 bits per heavy atom. The summed E-state index contributed by atoms with van der Waals surface area (Å²) < 4.78 is 85.8. The highest BCUT2D eigenvalue weighted by molar-refractivity contribution is 5.91. The summed E-state index contributed by atoms with van der Waals surface area (Å²) in [5.74, 6) is 0.496. The molecule has 0 atom stereocenters. The number of rotatable bonds is 4. The third-order valence-electron chi connectivity index (χ3n) is 7.58. The Morgan fingerprint density at radius 2 is 1.04 bits per heavy atom. The monoisotopic (exact) mass is 610 g/mol. The van der Waals surface area contributed by atoms with E-state index in [2.05, 4.69) is 9.97 Å². The number of aromatic nitrogens is 2. The van der Waals surface area contributed by atoms with E-state index in [9.17, 15) is 26.3 Å². The van der Waals surface area contributed by atoms with Gasteiger partial charge in [0.15, 0.2) is 5.58 Å². The van der Waals surface area contributed by atoms with E-state index in [0.29, 0.717) is 11.5 Å². The third kappa shape index (κ3) is 5.64. The molecule has 5 aromatic carbocycles. The van der Waals surface area contributed by atoms with Crippen molar-refractivity contribution in [3.05, 3.63) is 133 Å². The molecule has 3 nitrogen and oxygen atoms in total. The van der Waals surface area contributed by atoms with Gasteiger partial charge in [-0.3, -0.25) is 4.98 Å². The molecule has 0 saturated heterocycles. The van der Waals surface area contributed by atoms with Crippen LogP contribution >= 0.6 is 0 Å². The van der Waals surface area contributed by atoms with Crippen molar-refractivity contribution in [2.24, 2.45) is 0 Å². The lowest BCUT2D eigenvalue weighted by Gasteiger charge is -2.14. The molecule has 0 N–H and O–H groups in total. The fraction of sp³-hybridized carbons (Fsp3) is 0.0556. The van der Waals surface area contributed by atoms with Crippen LogP contribution in [-0.4, -0.2) is 9.97 Å². The molecular formula is C36H20F6N2O. The van der Waals surface area contributed by atoms with Crippen LogP contribution in [0.15, 0.2) is 126 Å². The Bertz CT molecular complexity index is 2120. The van der Waals surface area contributed by atoms with Gasteiger partial charge in [0.2, 0.25) is 5.89 Å². The number of hydrogen-bond donors (Lipinski definition) is 0. The molecule has 0 aliphatic rings. The van der Waals surface area contributed by atoms with E-state index >= 15 is 0 Å². The molecule has 0 fully saturated rings. The zero-order valence-electron chi connectivity index (χ0n) is 23.1. The van der Waals surface area contributed by atoms with Crippen LogP contribution < -0.4 is 0 Å². The van der Waals surface area contributed by atoms with Crippen LogP contribution in [0.4, 0.5) is 26.3 Å². The highest BCUT2D eigenvalue weighted by Crippen LogP contribution is 2.39. The normalized spacial score (nSPS) is 12.2. The van der Waals surface area contributed by atoms with E-state index < -0.39 is 23.5 Å². The predicted octanol–water partition coefficient (Wildman–Crippen LogP) is 11.1.